The molecule has 0 fully saturated rings. The highest BCUT2D eigenvalue weighted by Crippen LogP contribution is 2.21. The van der Waals surface area contributed by atoms with Gasteiger partial charge >= 0.3 is 0 Å². The first-order valence-electron chi connectivity index (χ1n) is 9.91. The van der Waals surface area contributed by atoms with Gasteiger partial charge in [0.1, 0.15) is 5.76 Å². The maximum absolute atomic E-state index is 5.42. The van der Waals surface area contributed by atoms with Crippen LogP contribution in [0.5, 0.6) is 0 Å². The molecule has 5 nitrogen and oxygen atoms in total. The van der Waals surface area contributed by atoms with Crippen LogP contribution in [0.25, 0.3) is 0 Å². The SMILES string of the molecule is I.c1ccc(CN=C(NCCc2ccco2)NC2CCc3ccccc3C2)nc1. The van der Waals surface area contributed by atoms with Crippen molar-refractivity contribution >= 4 is 29.9 Å². The number of aromatic nitrogens is 1. The van der Waals surface area contributed by atoms with E-state index in [1.165, 1.54) is 11.1 Å². The Kier molecular flexibility index (Phi) is 8.10. The third kappa shape index (κ3) is 6.32. The number of aliphatic imine (C=N–C) groups is 1. The molecule has 0 aliphatic heterocycles. The molecule has 0 bridgehead atoms. The van der Waals surface area contributed by atoms with Gasteiger partial charge in [-0.25, -0.2) is 4.99 Å². The fourth-order valence-electron chi connectivity index (χ4n) is 3.58. The number of aryl methyl sites for hydroxylation is 1. The van der Waals surface area contributed by atoms with Crippen LogP contribution in [0.1, 0.15) is 29.0 Å². The third-order valence-corrected chi connectivity index (χ3v) is 5.06. The van der Waals surface area contributed by atoms with Gasteiger partial charge in [0, 0.05) is 25.2 Å². The average molecular weight is 502 g/mol. The molecule has 1 aliphatic rings. The first-order chi connectivity index (χ1) is 13.9. The van der Waals surface area contributed by atoms with Gasteiger partial charge in [-0.1, -0.05) is 30.3 Å². The zero-order chi connectivity index (χ0) is 19.0. The van der Waals surface area contributed by atoms with Gasteiger partial charge < -0.3 is 15.1 Å². The van der Waals surface area contributed by atoms with Crippen molar-refractivity contribution in [3.05, 3.63) is 89.6 Å². The normalized spacial score (nSPS) is 15.9. The monoisotopic (exact) mass is 502 g/mol. The Labute approximate surface area is 189 Å². The summed E-state index contributed by atoms with van der Waals surface area (Å²) in [5.74, 6) is 1.81. The summed E-state index contributed by atoms with van der Waals surface area (Å²) in [4.78, 5) is 9.13. The van der Waals surface area contributed by atoms with E-state index in [4.69, 9.17) is 9.41 Å². The number of pyridine rings is 1. The number of nitrogens with zero attached hydrogens (tertiary/aromatic N) is 2. The van der Waals surface area contributed by atoms with Gasteiger partial charge in [-0.05, 0) is 54.7 Å². The van der Waals surface area contributed by atoms with Crippen molar-refractivity contribution < 1.29 is 4.42 Å². The number of halogens is 1. The van der Waals surface area contributed by atoms with Gasteiger partial charge in [0.05, 0.1) is 18.5 Å². The minimum Gasteiger partial charge on any atom is -0.469 e. The largest absolute Gasteiger partial charge is 0.469 e. The van der Waals surface area contributed by atoms with Crippen molar-refractivity contribution in [2.75, 3.05) is 6.54 Å². The third-order valence-electron chi connectivity index (χ3n) is 5.06. The molecule has 0 amide bonds. The highest BCUT2D eigenvalue weighted by atomic mass is 127. The Morgan fingerprint density at radius 3 is 2.72 bits per heavy atom. The lowest BCUT2D eigenvalue weighted by Crippen LogP contribution is -2.46. The molecule has 0 saturated carbocycles. The molecule has 0 saturated heterocycles. The summed E-state index contributed by atoms with van der Waals surface area (Å²) in [5, 5.41) is 7.08. The second-order valence-corrected chi connectivity index (χ2v) is 7.09. The Hall–Kier alpha value is -2.35. The van der Waals surface area contributed by atoms with E-state index in [0.29, 0.717) is 12.6 Å². The van der Waals surface area contributed by atoms with E-state index < -0.39 is 0 Å². The van der Waals surface area contributed by atoms with E-state index in [9.17, 15) is 0 Å². The molecule has 1 atom stereocenters. The van der Waals surface area contributed by atoms with Crippen LogP contribution in [0.4, 0.5) is 0 Å². The molecule has 2 N–H and O–H groups in total. The fraction of sp³-hybridized carbons (Fsp3) is 0.304. The molecule has 2 heterocycles. The van der Waals surface area contributed by atoms with Gasteiger partial charge in [-0.2, -0.15) is 0 Å². The van der Waals surface area contributed by atoms with E-state index in [2.05, 4.69) is 39.9 Å². The molecule has 0 spiro atoms. The van der Waals surface area contributed by atoms with Gasteiger partial charge in [0.2, 0.25) is 0 Å². The Morgan fingerprint density at radius 2 is 1.93 bits per heavy atom. The first-order valence-corrected chi connectivity index (χ1v) is 9.91. The maximum Gasteiger partial charge on any atom is 0.191 e. The number of hydrogen-bond acceptors (Lipinski definition) is 3. The minimum absolute atomic E-state index is 0. The minimum atomic E-state index is 0. The molecule has 1 aromatic carbocycles. The number of rotatable bonds is 6. The van der Waals surface area contributed by atoms with Crippen molar-refractivity contribution in [2.24, 2.45) is 4.99 Å². The molecule has 2 aromatic heterocycles. The summed E-state index contributed by atoms with van der Waals surface area (Å²) in [6.45, 7) is 1.32. The van der Waals surface area contributed by atoms with Crippen LogP contribution >= 0.6 is 24.0 Å². The standard InChI is InChI=1S/C23H26N4O.HI/c1-2-7-19-16-20(11-10-18(19)6-1)27-23(25-14-12-22-9-5-15-28-22)26-17-21-8-3-4-13-24-21;/h1-9,13,15,20H,10-12,14,16-17H2,(H2,25,26,27);1H. The summed E-state index contributed by atoms with van der Waals surface area (Å²) in [6, 6.07) is 18.9. The van der Waals surface area contributed by atoms with Gasteiger partial charge in [-0.3, -0.25) is 4.98 Å². The lowest BCUT2D eigenvalue weighted by atomic mass is 9.88. The average Bonchev–Trinajstić information content (AvgIpc) is 3.26. The fourth-order valence-corrected chi connectivity index (χ4v) is 3.58. The Morgan fingerprint density at radius 1 is 1.07 bits per heavy atom. The number of guanidine groups is 1. The van der Waals surface area contributed by atoms with Gasteiger partial charge in [0.25, 0.3) is 0 Å². The number of benzene rings is 1. The van der Waals surface area contributed by atoms with E-state index >= 15 is 0 Å². The predicted octanol–water partition coefficient (Wildman–Crippen LogP) is 4.13. The summed E-state index contributed by atoms with van der Waals surface area (Å²) in [6.07, 6.45) is 7.58. The van der Waals surface area contributed by atoms with Crippen molar-refractivity contribution in [2.45, 2.75) is 38.3 Å². The highest BCUT2D eigenvalue weighted by Gasteiger charge is 2.19. The number of furan rings is 1. The zero-order valence-electron chi connectivity index (χ0n) is 16.4. The van der Waals surface area contributed by atoms with Crippen LogP contribution in [0, 0.1) is 0 Å². The molecule has 6 heteroatoms. The summed E-state index contributed by atoms with van der Waals surface area (Å²) >= 11 is 0. The van der Waals surface area contributed by atoms with Crippen molar-refractivity contribution in [3.8, 4) is 0 Å². The second-order valence-electron chi connectivity index (χ2n) is 7.09. The van der Waals surface area contributed by atoms with Gasteiger partial charge in [0.15, 0.2) is 5.96 Å². The van der Waals surface area contributed by atoms with E-state index in [0.717, 1.165) is 49.6 Å². The van der Waals surface area contributed by atoms with Crippen LogP contribution in [0.3, 0.4) is 0 Å². The molecular formula is C23H27IN4O. The summed E-state index contributed by atoms with van der Waals surface area (Å²) in [5.41, 5.74) is 3.87. The molecule has 1 unspecified atom stereocenters. The molecule has 1 aliphatic carbocycles. The van der Waals surface area contributed by atoms with Crippen LogP contribution in [0.2, 0.25) is 0 Å². The quantitative estimate of drug-likeness (QED) is 0.303. The smallest absolute Gasteiger partial charge is 0.191 e. The van der Waals surface area contributed by atoms with Gasteiger partial charge in [-0.15, -0.1) is 24.0 Å². The second kappa shape index (κ2) is 11.0. The van der Waals surface area contributed by atoms with Crippen LogP contribution in [-0.4, -0.2) is 23.5 Å². The lowest BCUT2D eigenvalue weighted by molar-refractivity contribution is 0.501. The molecule has 4 rings (SSSR count). The Balaban J connectivity index is 0.00000240. The maximum atomic E-state index is 5.42. The predicted molar refractivity (Wildman–Crippen MR) is 127 cm³/mol. The highest BCUT2D eigenvalue weighted by molar-refractivity contribution is 14.0. The van der Waals surface area contributed by atoms with E-state index in [1.807, 2.05) is 30.3 Å². The lowest BCUT2D eigenvalue weighted by Gasteiger charge is -2.27. The Bertz CT molecular complexity index is 896. The first kappa shape index (κ1) is 21.4. The molecule has 152 valence electrons. The summed E-state index contributed by atoms with van der Waals surface area (Å²) in [7, 11) is 0. The number of hydrogen-bond donors (Lipinski definition) is 2. The molecular weight excluding hydrogens is 475 g/mol. The van der Waals surface area contributed by atoms with Crippen molar-refractivity contribution in [3.63, 3.8) is 0 Å². The van der Waals surface area contributed by atoms with E-state index in [1.54, 1.807) is 12.5 Å². The van der Waals surface area contributed by atoms with Crippen molar-refractivity contribution in [1.29, 1.82) is 0 Å². The molecule has 29 heavy (non-hydrogen) atoms. The molecule has 0 radical (unpaired) electrons. The topological polar surface area (TPSA) is 62.5 Å². The summed E-state index contributed by atoms with van der Waals surface area (Å²) < 4.78 is 5.42. The van der Waals surface area contributed by atoms with E-state index in [-0.39, 0.29) is 24.0 Å². The number of fused-ring (bicyclic) bond motifs is 1. The molecule has 3 aromatic rings. The van der Waals surface area contributed by atoms with Crippen LogP contribution in [0.15, 0.2) is 76.5 Å². The van der Waals surface area contributed by atoms with Crippen LogP contribution < -0.4 is 10.6 Å². The zero-order valence-corrected chi connectivity index (χ0v) is 18.7. The van der Waals surface area contributed by atoms with Crippen molar-refractivity contribution in [1.82, 2.24) is 15.6 Å². The number of nitrogens with one attached hydrogen (secondary N) is 2. The van der Waals surface area contributed by atoms with Crippen LogP contribution in [-0.2, 0) is 25.8 Å².